The number of rotatable bonds is 13. The van der Waals surface area contributed by atoms with E-state index in [4.69, 9.17) is 28.6 Å². The quantitative estimate of drug-likeness (QED) is 0.188. The van der Waals surface area contributed by atoms with Crippen molar-refractivity contribution >= 4 is 63.8 Å². The van der Waals surface area contributed by atoms with Crippen LogP contribution in [0.25, 0.3) is 0 Å². The minimum atomic E-state index is -0.987. The number of hydrogen-bond acceptors (Lipinski definition) is 10. The molecule has 2 aromatic carbocycles. The molecule has 3 fully saturated rings. The molecule has 0 radical (unpaired) electrons. The van der Waals surface area contributed by atoms with E-state index in [-0.39, 0.29) is 46.2 Å². The summed E-state index contributed by atoms with van der Waals surface area (Å²) in [6.45, 7) is 11.9. The van der Waals surface area contributed by atoms with E-state index >= 15 is 0 Å². The Balaban J connectivity index is 0.992. The number of piperidine rings is 1. The van der Waals surface area contributed by atoms with E-state index in [1.54, 1.807) is 0 Å². The standard InChI is InChI=1S/C41H46ClN7O5S/c1-5-29-20-31(49-40(55)48(39(53)41(49,3)4)32-21-34(42)35(22-43)44-23-32)10-11-36(29)54-16-15-46-13-14-47(26(2)24-46)25-33(50)19-28-8-6-7-27(17-28)18-30-9-12-37(51)45-38(30)52/h6-8,10-11,17,20-21,23,26,30H,5,9,12-16,18-19,24-25H2,1-4H3,(H,45,51,52)/t26-,30?/m1/s1. The van der Waals surface area contributed by atoms with Crippen LogP contribution >= 0.6 is 23.8 Å². The third kappa shape index (κ3) is 8.89. The first kappa shape index (κ1) is 39.9. The Morgan fingerprint density at radius 1 is 1.11 bits per heavy atom. The summed E-state index contributed by atoms with van der Waals surface area (Å²) in [6, 6.07) is 17.4. The Bertz CT molecular complexity index is 2050. The van der Waals surface area contributed by atoms with E-state index in [0.29, 0.717) is 56.1 Å². The Kier molecular flexibility index (Phi) is 12.3. The topological polar surface area (TPSA) is 139 Å². The van der Waals surface area contributed by atoms with Crippen LogP contribution in [0.3, 0.4) is 0 Å². The van der Waals surface area contributed by atoms with Gasteiger partial charge in [0.1, 0.15) is 24.0 Å². The van der Waals surface area contributed by atoms with Crippen LogP contribution in [-0.4, -0.2) is 94.3 Å². The fourth-order valence-electron chi connectivity index (χ4n) is 7.60. The van der Waals surface area contributed by atoms with E-state index in [0.717, 1.165) is 54.3 Å². The number of nitrogens with one attached hydrogen (secondary N) is 1. The molecule has 6 rings (SSSR count). The SMILES string of the molecule is CCc1cc(N2C(=S)N(c3cnc(C#N)c(Cl)c3)C(=O)C2(C)C)ccc1OCCN1CCN(CC(=O)Cc2cccc(CC3CCC(=O)NC3=O)c2)[C@H](C)C1. The number of nitrogens with zero attached hydrogens (tertiary/aromatic N) is 6. The van der Waals surface area contributed by atoms with Crippen molar-refractivity contribution in [1.82, 2.24) is 20.1 Å². The molecule has 1 unspecified atom stereocenters. The first-order valence-corrected chi connectivity index (χ1v) is 19.5. The highest BCUT2D eigenvalue weighted by molar-refractivity contribution is 7.81. The molecule has 2 atom stereocenters. The van der Waals surface area contributed by atoms with Gasteiger partial charge in [-0.3, -0.25) is 39.2 Å². The lowest BCUT2D eigenvalue weighted by atomic mass is 9.90. The summed E-state index contributed by atoms with van der Waals surface area (Å²) in [5, 5.41) is 12.1. The number of hydrogen-bond donors (Lipinski definition) is 1. The molecule has 0 aliphatic carbocycles. The maximum Gasteiger partial charge on any atom is 0.259 e. The summed E-state index contributed by atoms with van der Waals surface area (Å²) in [5.74, 6) is 0.0407. The van der Waals surface area contributed by atoms with Gasteiger partial charge in [-0.15, -0.1) is 0 Å². The third-order valence-corrected chi connectivity index (χ3v) is 11.3. The van der Waals surface area contributed by atoms with Crippen molar-refractivity contribution < 1.29 is 23.9 Å². The molecular weight excluding hydrogens is 738 g/mol. The van der Waals surface area contributed by atoms with Crippen molar-refractivity contribution in [1.29, 1.82) is 5.26 Å². The molecule has 55 heavy (non-hydrogen) atoms. The molecule has 288 valence electrons. The lowest BCUT2D eigenvalue weighted by Crippen LogP contribution is -2.53. The predicted molar refractivity (Wildman–Crippen MR) is 214 cm³/mol. The van der Waals surface area contributed by atoms with Crippen molar-refractivity contribution in [2.75, 3.05) is 49.1 Å². The van der Waals surface area contributed by atoms with Crippen LogP contribution in [0.4, 0.5) is 11.4 Å². The number of aryl methyl sites for hydroxylation is 1. The van der Waals surface area contributed by atoms with Gasteiger partial charge in [0.25, 0.3) is 5.91 Å². The van der Waals surface area contributed by atoms with E-state index < -0.39 is 5.54 Å². The number of ketones is 1. The molecular formula is C41H46ClN7O5S. The second-order valence-electron chi connectivity index (χ2n) is 15.0. The number of imide groups is 1. The van der Waals surface area contributed by atoms with Crippen LogP contribution in [0.2, 0.25) is 5.02 Å². The van der Waals surface area contributed by atoms with Gasteiger partial charge >= 0.3 is 0 Å². The van der Waals surface area contributed by atoms with E-state index in [2.05, 4.69) is 33.9 Å². The number of Topliss-reactive ketones (excluding diaryl/α,β-unsaturated/α-hetero) is 1. The summed E-state index contributed by atoms with van der Waals surface area (Å²) in [5.41, 5.74) is 3.18. The number of carbonyl (C=O) groups is 4. The third-order valence-electron chi connectivity index (χ3n) is 10.7. The van der Waals surface area contributed by atoms with E-state index in [1.165, 1.54) is 17.2 Å². The smallest absolute Gasteiger partial charge is 0.259 e. The molecule has 1 N–H and O–H groups in total. The zero-order valence-corrected chi connectivity index (χ0v) is 33.2. The number of amides is 3. The lowest BCUT2D eigenvalue weighted by molar-refractivity contribution is -0.136. The number of halogens is 1. The summed E-state index contributed by atoms with van der Waals surface area (Å²) in [6.07, 6.45) is 3.94. The first-order chi connectivity index (χ1) is 26.3. The fourth-order valence-corrected chi connectivity index (χ4v) is 8.32. The number of carbonyl (C=O) groups excluding carboxylic acids is 4. The number of pyridine rings is 1. The van der Waals surface area contributed by atoms with Crippen LogP contribution in [-0.2, 0) is 38.4 Å². The average molecular weight is 784 g/mol. The fraction of sp³-hybridized carbons (Fsp3) is 0.439. The van der Waals surface area contributed by atoms with Crippen LogP contribution in [0, 0.1) is 17.2 Å². The van der Waals surface area contributed by atoms with E-state index in [1.807, 2.05) is 67.3 Å². The highest BCUT2D eigenvalue weighted by Gasteiger charge is 2.50. The molecule has 14 heteroatoms. The zero-order valence-electron chi connectivity index (χ0n) is 31.6. The van der Waals surface area contributed by atoms with Crippen molar-refractivity contribution in [2.45, 2.75) is 71.4 Å². The molecule has 12 nitrogen and oxygen atoms in total. The molecule has 3 aromatic rings. The van der Waals surface area contributed by atoms with Crippen LogP contribution in [0.15, 0.2) is 54.7 Å². The lowest BCUT2D eigenvalue weighted by Gasteiger charge is -2.39. The number of ether oxygens (including phenoxy) is 1. The number of aromatic nitrogens is 1. The van der Waals surface area contributed by atoms with Gasteiger partial charge in [0.05, 0.1) is 23.5 Å². The molecule has 3 saturated heterocycles. The van der Waals surface area contributed by atoms with Gasteiger partial charge in [0.15, 0.2) is 16.6 Å². The largest absolute Gasteiger partial charge is 0.492 e. The van der Waals surface area contributed by atoms with Gasteiger partial charge in [0.2, 0.25) is 11.8 Å². The highest BCUT2D eigenvalue weighted by Crippen LogP contribution is 2.38. The minimum absolute atomic E-state index is 0.0760. The normalized spacial score (nSPS) is 20.4. The predicted octanol–water partition coefficient (Wildman–Crippen LogP) is 4.88. The Morgan fingerprint density at radius 2 is 1.89 bits per heavy atom. The second-order valence-corrected chi connectivity index (χ2v) is 15.7. The Labute approximate surface area is 332 Å². The minimum Gasteiger partial charge on any atom is -0.492 e. The highest BCUT2D eigenvalue weighted by atomic mass is 35.5. The first-order valence-electron chi connectivity index (χ1n) is 18.7. The van der Waals surface area contributed by atoms with Crippen molar-refractivity contribution in [3.8, 4) is 11.8 Å². The molecule has 0 spiro atoms. The Hall–Kier alpha value is -4.74. The van der Waals surface area contributed by atoms with Gasteiger partial charge < -0.3 is 9.64 Å². The maximum atomic E-state index is 13.6. The van der Waals surface area contributed by atoms with Crippen molar-refractivity contribution in [3.63, 3.8) is 0 Å². The van der Waals surface area contributed by atoms with Gasteiger partial charge in [-0.05, 0) is 93.2 Å². The second kappa shape index (κ2) is 17.0. The molecule has 0 bridgehead atoms. The summed E-state index contributed by atoms with van der Waals surface area (Å²) >= 11 is 12.1. The summed E-state index contributed by atoms with van der Waals surface area (Å²) < 4.78 is 6.31. The monoisotopic (exact) mass is 783 g/mol. The molecule has 0 saturated carbocycles. The van der Waals surface area contributed by atoms with Crippen molar-refractivity contribution in [3.05, 3.63) is 82.1 Å². The molecule has 4 heterocycles. The van der Waals surface area contributed by atoms with Gasteiger partial charge in [-0.2, -0.15) is 5.26 Å². The maximum absolute atomic E-state index is 13.6. The van der Waals surface area contributed by atoms with Gasteiger partial charge in [0, 0.05) is 56.7 Å². The zero-order chi connectivity index (χ0) is 39.4. The van der Waals surface area contributed by atoms with Crippen LogP contribution < -0.4 is 19.9 Å². The summed E-state index contributed by atoms with van der Waals surface area (Å²) in [4.78, 5) is 62.5. The molecule has 1 aromatic heterocycles. The van der Waals surface area contributed by atoms with Gasteiger partial charge in [-0.1, -0.05) is 42.8 Å². The number of nitriles is 1. The average Bonchev–Trinajstić information content (AvgIpc) is 3.32. The number of piperazine rings is 1. The van der Waals surface area contributed by atoms with Crippen LogP contribution in [0.5, 0.6) is 5.75 Å². The van der Waals surface area contributed by atoms with E-state index in [9.17, 15) is 24.4 Å². The van der Waals surface area contributed by atoms with Gasteiger partial charge in [-0.25, -0.2) is 4.98 Å². The number of anilines is 2. The molecule has 3 aliphatic heterocycles. The molecule has 3 aliphatic rings. The van der Waals surface area contributed by atoms with Crippen molar-refractivity contribution in [2.24, 2.45) is 5.92 Å². The Morgan fingerprint density at radius 3 is 2.60 bits per heavy atom. The number of thiocarbonyl (C=S) groups is 1. The number of benzene rings is 2. The van der Waals surface area contributed by atoms with Crippen LogP contribution in [0.1, 0.15) is 62.9 Å². The summed E-state index contributed by atoms with van der Waals surface area (Å²) in [7, 11) is 0. The molecule has 3 amide bonds.